The van der Waals surface area contributed by atoms with E-state index in [2.05, 4.69) is 38.2 Å². The number of esters is 1. The Morgan fingerprint density at radius 3 is 2.40 bits per heavy atom. The van der Waals surface area contributed by atoms with Gasteiger partial charge < -0.3 is 14.8 Å². The van der Waals surface area contributed by atoms with Crippen molar-refractivity contribution in [1.82, 2.24) is 0 Å². The summed E-state index contributed by atoms with van der Waals surface area (Å²) >= 11 is 0. The summed E-state index contributed by atoms with van der Waals surface area (Å²) in [5, 5.41) is 2.80. The fraction of sp³-hybridized carbons (Fsp3) is 0.483. The van der Waals surface area contributed by atoms with E-state index in [-0.39, 0.29) is 35.1 Å². The van der Waals surface area contributed by atoms with Gasteiger partial charge in [0.1, 0.15) is 11.9 Å². The largest absolute Gasteiger partial charge is 0.497 e. The Morgan fingerprint density at radius 2 is 1.74 bits per heavy atom. The molecule has 0 heterocycles. The van der Waals surface area contributed by atoms with Crippen molar-refractivity contribution in [2.45, 2.75) is 70.3 Å². The van der Waals surface area contributed by atoms with Gasteiger partial charge in [0.2, 0.25) is 0 Å². The van der Waals surface area contributed by atoms with Crippen molar-refractivity contribution in [3.05, 3.63) is 71.4 Å². The molecule has 4 rings (SSSR count). The van der Waals surface area contributed by atoms with Crippen molar-refractivity contribution < 1.29 is 23.0 Å². The first-order chi connectivity index (χ1) is 16.6. The van der Waals surface area contributed by atoms with Crippen molar-refractivity contribution in [1.29, 1.82) is 0 Å². The number of alkyl halides is 2. The molecule has 0 amide bonds. The molecule has 4 nitrogen and oxygen atoms in total. The highest BCUT2D eigenvalue weighted by Gasteiger charge is 2.47. The fourth-order valence-corrected chi connectivity index (χ4v) is 5.52. The molecule has 1 fully saturated rings. The molecule has 188 valence electrons. The Bertz CT molecular complexity index is 1060. The number of ether oxygens (including phenoxy) is 2. The smallest absolute Gasteiger partial charge is 0.336 e. The minimum Gasteiger partial charge on any atom is -0.497 e. The van der Waals surface area contributed by atoms with Crippen molar-refractivity contribution in [3.8, 4) is 5.75 Å². The summed E-state index contributed by atoms with van der Waals surface area (Å²) in [4.78, 5) is 13.3. The zero-order chi connectivity index (χ0) is 25.2. The zero-order valence-electron chi connectivity index (χ0n) is 20.9. The number of anilines is 1. The van der Waals surface area contributed by atoms with E-state index in [1.165, 1.54) is 5.56 Å². The van der Waals surface area contributed by atoms with Gasteiger partial charge in [-0.2, -0.15) is 8.78 Å². The molecule has 0 aliphatic heterocycles. The number of rotatable bonds is 7. The summed E-state index contributed by atoms with van der Waals surface area (Å²) in [6.07, 6.45) is 1.96. The quantitative estimate of drug-likeness (QED) is 0.426. The van der Waals surface area contributed by atoms with E-state index in [0.717, 1.165) is 19.3 Å². The summed E-state index contributed by atoms with van der Waals surface area (Å²) in [5.41, 5.74) is 1.14. The third-order valence-electron chi connectivity index (χ3n) is 7.72. The maximum absolute atomic E-state index is 14.8. The van der Waals surface area contributed by atoms with Crippen molar-refractivity contribution >= 4 is 11.7 Å². The Morgan fingerprint density at radius 1 is 1.06 bits per heavy atom. The summed E-state index contributed by atoms with van der Waals surface area (Å²) in [6.45, 7) is 6.53. The van der Waals surface area contributed by atoms with Crippen molar-refractivity contribution in [2.75, 3.05) is 12.4 Å². The molecule has 2 aromatic rings. The number of hydrogen-bond donors (Lipinski definition) is 1. The van der Waals surface area contributed by atoms with Crippen LogP contribution in [0.5, 0.6) is 5.75 Å². The molecule has 35 heavy (non-hydrogen) atoms. The van der Waals surface area contributed by atoms with E-state index >= 15 is 0 Å². The van der Waals surface area contributed by atoms with Gasteiger partial charge in [0, 0.05) is 18.0 Å². The number of carbonyl (C=O) groups excluding carboxylic acids is 1. The SMILES string of the molecule is COc1ccc(NC2=C(C(=O)O[C@@H]3C[C@H](C)CC[C@H]3C(C)(C)c3ccccc3)CCC2(F)F)cc1. The fourth-order valence-electron chi connectivity index (χ4n) is 5.52. The number of nitrogens with one attached hydrogen (secondary N) is 1. The van der Waals surface area contributed by atoms with Crippen LogP contribution in [0.2, 0.25) is 0 Å². The van der Waals surface area contributed by atoms with Crippen LogP contribution < -0.4 is 10.1 Å². The van der Waals surface area contributed by atoms with Crippen LogP contribution in [-0.2, 0) is 14.9 Å². The molecule has 0 aromatic heterocycles. The number of methoxy groups -OCH3 is 1. The van der Waals surface area contributed by atoms with Crippen molar-refractivity contribution in [3.63, 3.8) is 0 Å². The van der Waals surface area contributed by atoms with Gasteiger partial charge in [-0.1, -0.05) is 57.5 Å². The third kappa shape index (κ3) is 5.36. The molecule has 2 aliphatic rings. The molecule has 0 spiro atoms. The Balaban J connectivity index is 1.58. The first kappa shape index (κ1) is 25.2. The second kappa shape index (κ2) is 10.00. The number of carbonyl (C=O) groups is 1. The lowest BCUT2D eigenvalue weighted by Gasteiger charge is -2.44. The minimum atomic E-state index is -3.11. The highest BCUT2D eigenvalue weighted by Crippen LogP contribution is 2.45. The van der Waals surface area contributed by atoms with E-state index < -0.39 is 18.3 Å². The predicted octanol–water partition coefficient (Wildman–Crippen LogP) is 7.12. The molecular weight excluding hydrogens is 448 g/mol. The van der Waals surface area contributed by atoms with Crippen LogP contribution in [0.1, 0.15) is 58.4 Å². The molecule has 1 saturated carbocycles. The Labute approximate surface area is 206 Å². The lowest BCUT2D eigenvalue weighted by molar-refractivity contribution is -0.151. The minimum absolute atomic E-state index is 0.0145. The lowest BCUT2D eigenvalue weighted by Crippen LogP contribution is -2.43. The number of halogens is 2. The first-order valence-electron chi connectivity index (χ1n) is 12.4. The molecule has 0 unspecified atom stereocenters. The van der Waals surface area contributed by atoms with E-state index in [0.29, 0.717) is 17.4 Å². The topological polar surface area (TPSA) is 47.6 Å². The maximum atomic E-state index is 14.8. The Hall–Kier alpha value is -2.89. The van der Waals surface area contributed by atoms with Crippen LogP contribution in [0, 0.1) is 11.8 Å². The van der Waals surface area contributed by atoms with Crippen LogP contribution in [0.3, 0.4) is 0 Å². The number of benzene rings is 2. The van der Waals surface area contributed by atoms with Crippen LogP contribution in [0.15, 0.2) is 65.9 Å². The number of allylic oxidation sites excluding steroid dienone is 1. The average Bonchev–Trinajstić information content (AvgIpc) is 3.14. The van der Waals surface area contributed by atoms with Gasteiger partial charge >= 0.3 is 5.97 Å². The second-order valence-corrected chi connectivity index (χ2v) is 10.5. The highest BCUT2D eigenvalue weighted by atomic mass is 19.3. The van der Waals surface area contributed by atoms with Crippen LogP contribution >= 0.6 is 0 Å². The van der Waals surface area contributed by atoms with Crippen LogP contribution in [0.4, 0.5) is 14.5 Å². The summed E-state index contributed by atoms with van der Waals surface area (Å²) in [5.74, 6) is -2.61. The Kier molecular flexibility index (Phi) is 7.20. The molecule has 2 aliphatic carbocycles. The van der Waals surface area contributed by atoms with Gasteiger partial charge in [0.05, 0.1) is 18.4 Å². The van der Waals surface area contributed by atoms with Crippen LogP contribution in [-0.4, -0.2) is 25.1 Å². The summed E-state index contributed by atoms with van der Waals surface area (Å²) in [7, 11) is 1.54. The summed E-state index contributed by atoms with van der Waals surface area (Å²) in [6, 6.07) is 16.9. The van der Waals surface area contributed by atoms with Gasteiger partial charge in [-0.3, -0.25) is 0 Å². The molecule has 2 aromatic carbocycles. The lowest BCUT2D eigenvalue weighted by atomic mass is 9.64. The highest BCUT2D eigenvalue weighted by molar-refractivity contribution is 5.91. The molecule has 3 atom stereocenters. The normalized spacial score (nSPS) is 24.2. The maximum Gasteiger partial charge on any atom is 0.336 e. The van der Waals surface area contributed by atoms with E-state index in [1.807, 2.05) is 18.2 Å². The monoisotopic (exact) mass is 483 g/mol. The third-order valence-corrected chi connectivity index (χ3v) is 7.72. The molecule has 6 heteroatoms. The van der Waals surface area contributed by atoms with Gasteiger partial charge in [-0.15, -0.1) is 0 Å². The predicted molar refractivity (Wildman–Crippen MR) is 134 cm³/mol. The van der Waals surface area contributed by atoms with Gasteiger partial charge in [-0.25, -0.2) is 4.79 Å². The van der Waals surface area contributed by atoms with Gasteiger partial charge in [-0.05, 0) is 60.4 Å². The molecule has 0 saturated heterocycles. The van der Waals surface area contributed by atoms with Crippen LogP contribution in [0.25, 0.3) is 0 Å². The van der Waals surface area contributed by atoms with Gasteiger partial charge in [0.15, 0.2) is 0 Å². The average molecular weight is 484 g/mol. The molecule has 0 bridgehead atoms. The standard InChI is InChI=1S/C29H35F2NO3/c1-19-10-15-24(28(2,3)20-8-6-5-7-9-20)25(18-19)35-27(33)23-16-17-29(30,31)26(23)32-21-11-13-22(34-4)14-12-21/h5-9,11-14,19,24-25,32H,10,15-18H2,1-4H3/t19-,24-,25-/m1/s1. The van der Waals surface area contributed by atoms with Crippen molar-refractivity contribution in [2.24, 2.45) is 11.8 Å². The van der Waals surface area contributed by atoms with E-state index in [9.17, 15) is 13.6 Å². The summed E-state index contributed by atoms with van der Waals surface area (Å²) < 4.78 is 40.9. The second-order valence-electron chi connectivity index (χ2n) is 10.5. The number of hydrogen-bond acceptors (Lipinski definition) is 4. The zero-order valence-corrected chi connectivity index (χ0v) is 20.9. The van der Waals surface area contributed by atoms with E-state index in [1.54, 1.807) is 31.4 Å². The molecule has 0 radical (unpaired) electrons. The first-order valence-corrected chi connectivity index (χ1v) is 12.4. The molecular formula is C29H35F2NO3. The van der Waals surface area contributed by atoms with Gasteiger partial charge in [0.25, 0.3) is 5.92 Å². The molecule has 1 N–H and O–H groups in total. The van der Waals surface area contributed by atoms with E-state index in [4.69, 9.17) is 9.47 Å².